The summed E-state index contributed by atoms with van der Waals surface area (Å²) in [6.45, 7) is 0. The van der Waals surface area contributed by atoms with Crippen LogP contribution in [0.25, 0.3) is 0 Å². The van der Waals surface area contributed by atoms with Gasteiger partial charge < -0.3 is 0 Å². The number of thiocarbonyl (C=S) groups is 2. The van der Waals surface area contributed by atoms with E-state index in [9.17, 15) is 9.59 Å². The van der Waals surface area contributed by atoms with Gasteiger partial charge in [-0.05, 0) is 11.1 Å². The highest BCUT2D eigenvalue weighted by Crippen LogP contribution is 2.33. The molecule has 3 rings (SSSR count). The maximum Gasteiger partial charge on any atom is 0.267 e. The highest BCUT2D eigenvalue weighted by Gasteiger charge is 2.31. The summed E-state index contributed by atoms with van der Waals surface area (Å²) in [6, 6.07) is 18.3. The predicted octanol–water partition coefficient (Wildman–Crippen LogP) is 2.49. The summed E-state index contributed by atoms with van der Waals surface area (Å²) >= 11 is 12.4. The second-order valence-corrected chi connectivity index (χ2v) is 7.68. The Kier molecular flexibility index (Phi) is 6.57. The monoisotopic (exact) mass is 440 g/mol. The minimum Gasteiger partial charge on any atom is -0.290 e. The Hall–Kier alpha value is -2.82. The molecular weight excluding hydrogens is 424 g/mol. The fourth-order valence-electron chi connectivity index (χ4n) is 2.77. The zero-order valence-electron chi connectivity index (χ0n) is 15.0. The largest absolute Gasteiger partial charge is 0.290 e. The third-order valence-corrected chi connectivity index (χ3v) is 6.47. The third kappa shape index (κ3) is 4.14. The van der Waals surface area contributed by atoms with Gasteiger partial charge >= 0.3 is 0 Å². The van der Waals surface area contributed by atoms with Crippen LogP contribution in [0.15, 0.2) is 60.7 Å². The van der Waals surface area contributed by atoms with Crippen LogP contribution in [0.2, 0.25) is 0 Å². The first-order valence-corrected chi connectivity index (χ1v) is 10.0. The summed E-state index contributed by atoms with van der Waals surface area (Å²) in [6.07, 6.45) is 0. The van der Waals surface area contributed by atoms with E-state index in [0.29, 0.717) is 19.5 Å². The van der Waals surface area contributed by atoms with Crippen molar-refractivity contribution in [1.82, 2.24) is 10.9 Å². The first-order valence-electron chi connectivity index (χ1n) is 8.37. The fourth-order valence-corrected chi connectivity index (χ4v) is 4.71. The average molecular weight is 441 g/mol. The molecule has 146 valence electrons. The van der Waals surface area contributed by atoms with Gasteiger partial charge in [0.2, 0.25) is 0 Å². The predicted molar refractivity (Wildman–Crippen MR) is 122 cm³/mol. The smallest absolute Gasteiger partial charge is 0.267 e. The van der Waals surface area contributed by atoms with Gasteiger partial charge in [0.05, 0.1) is 30.6 Å². The lowest BCUT2D eigenvalue weighted by Crippen LogP contribution is -2.36. The minimum absolute atomic E-state index is 0.0441. The van der Waals surface area contributed by atoms with E-state index in [1.807, 2.05) is 60.7 Å². The number of thiophene rings is 1. The van der Waals surface area contributed by atoms with Gasteiger partial charge in [-0.25, -0.2) is 11.7 Å². The number of nitrogen functional groups attached to an aromatic ring is 2. The molecule has 0 aliphatic heterocycles. The first-order chi connectivity index (χ1) is 14.0. The van der Waals surface area contributed by atoms with E-state index >= 15 is 0 Å². The Morgan fingerprint density at radius 3 is 1.34 bits per heavy atom. The van der Waals surface area contributed by atoms with E-state index in [0.717, 1.165) is 22.5 Å². The third-order valence-electron chi connectivity index (χ3n) is 4.11. The van der Waals surface area contributed by atoms with Crippen molar-refractivity contribution in [1.29, 1.82) is 0 Å². The second-order valence-electron chi connectivity index (χ2n) is 5.85. The molecule has 6 nitrogen and oxygen atoms in total. The van der Waals surface area contributed by atoms with Crippen molar-refractivity contribution in [3.05, 3.63) is 92.7 Å². The molecule has 0 spiro atoms. The van der Waals surface area contributed by atoms with Gasteiger partial charge in [0, 0.05) is 0 Å². The molecule has 2 aromatic carbocycles. The number of carbonyl (C=O) groups is 2. The number of nitrogens with two attached hydrogens (primary N) is 2. The Morgan fingerprint density at radius 2 is 1.03 bits per heavy atom. The topological polar surface area (TPSA) is 110 Å². The normalized spacial score (nSPS) is 10.3. The van der Waals surface area contributed by atoms with E-state index in [1.54, 1.807) is 0 Å². The molecule has 0 aliphatic carbocycles. The summed E-state index contributed by atoms with van der Waals surface area (Å²) in [5.41, 5.74) is 5.71. The van der Waals surface area contributed by atoms with Crippen LogP contribution in [0.3, 0.4) is 0 Å². The molecule has 3 aromatic rings. The zero-order chi connectivity index (χ0) is 21.0. The van der Waals surface area contributed by atoms with Crippen molar-refractivity contribution in [2.75, 3.05) is 0 Å². The molecule has 1 aromatic heterocycles. The van der Waals surface area contributed by atoms with Crippen molar-refractivity contribution in [3.8, 4) is 0 Å². The maximum atomic E-state index is 12.6. The molecule has 2 amide bonds. The van der Waals surface area contributed by atoms with Crippen molar-refractivity contribution in [2.24, 2.45) is 11.7 Å². The summed E-state index contributed by atoms with van der Waals surface area (Å²) in [5, 5.41) is 0. The standard InChI is InChI=1S/C20H16N4O2S3/c21-23-19(25)13-14(20(26)24-22)18(16(28)12-9-5-2-6-10-12)29-17(13)15(27)11-7-3-1-4-8-11/h1-10H,21-22H2,(H,23,25)(H,24,26). The Bertz CT molecular complexity index is 1010. The second kappa shape index (κ2) is 9.12. The van der Waals surface area contributed by atoms with Gasteiger partial charge in [-0.1, -0.05) is 85.1 Å². The lowest BCUT2D eigenvalue weighted by Gasteiger charge is -2.08. The Morgan fingerprint density at radius 1 is 0.690 bits per heavy atom. The maximum absolute atomic E-state index is 12.6. The molecule has 0 atom stereocenters. The summed E-state index contributed by atoms with van der Waals surface area (Å²) in [4.78, 5) is 26.9. The van der Waals surface area contributed by atoms with E-state index in [1.165, 1.54) is 0 Å². The van der Waals surface area contributed by atoms with Crippen LogP contribution in [0, 0.1) is 0 Å². The van der Waals surface area contributed by atoms with Gasteiger partial charge in [0.1, 0.15) is 0 Å². The van der Waals surface area contributed by atoms with Crippen LogP contribution in [-0.4, -0.2) is 21.5 Å². The number of rotatable bonds is 6. The highest BCUT2D eigenvalue weighted by atomic mass is 32.1. The number of hydrogen-bond acceptors (Lipinski definition) is 7. The van der Waals surface area contributed by atoms with E-state index in [2.05, 4.69) is 10.9 Å². The quantitative estimate of drug-likeness (QED) is 0.154. The summed E-state index contributed by atoms with van der Waals surface area (Å²) in [7, 11) is 0. The van der Waals surface area contributed by atoms with Crippen LogP contribution >= 0.6 is 35.8 Å². The molecule has 0 aliphatic rings. The molecule has 6 N–H and O–H groups in total. The zero-order valence-corrected chi connectivity index (χ0v) is 17.4. The molecule has 29 heavy (non-hydrogen) atoms. The molecule has 0 saturated heterocycles. The lowest BCUT2D eigenvalue weighted by atomic mass is 10.00. The van der Waals surface area contributed by atoms with Crippen LogP contribution < -0.4 is 22.5 Å². The summed E-state index contributed by atoms with van der Waals surface area (Å²) < 4.78 is 0. The number of nitrogens with one attached hydrogen (secondary N) is 2. The van der Waals surface area contributed by atoms with Gasteiger partial charge in [-0.15, -0.1) is 11.3 Å². The Balaban J connectivity index is 2.27. The molecule has 1 heterocycles. The van der Waals surface area contributed by atoms with Gasteiger partial charge in [-0.2, -0.15) is 0 Å². The molecular formula is C20H16N4O2S3. The lowest BCUT2D eigenvalue weighted by molar-refractivity contribution is 0.0920. The molecule has 9 heteroatoms. The van der Waals surface area contributed by atoms with Crippen LogP contribution in [0.1, 0.15) is 41.6 Å². The summed E-state index contributed by atoms with van der Waals surface area (Å²) in [5.74, 6) is 9.46. The number of carbonyl (C=O) groups excluding carboxylic acids is 2. The number of benzene rings is 2. The van der Waals surface area contributed by atoms with Crippen LogP contribution in [0.5, 0.6) is 0 Å². The van der Waals surface area contributed by atoms with Crippen molar-refractivity contribution in [3.63, 3.8) is 0 Å². The molecule has 0 radical (unpaired) electrons. The SMILES string of the molecule is NNC(=O)c1c(C(=S)c2ccccc2)sc(C(=S)c2ccccc2)c1C(=O)NN. The van der Waals surface area contributed by atoms with Crippen molar-refractivity contribution < 1.29 is 9.59 Å². The fraction of sp³-hybridized carbons (Fsp3) is 0. The molecule has 0 saturated carbocycles. The van der Waals surface area contributed by atoms with E-state index in [4.69, 9.17) is 36.1 Å². The van der Waals surface area contributed by atoms with Gasteiger partial charge in [-0.3, -0.25) is 20.4 Å². The molecule has 0 unspecified atom stereocenters. The molecule has 0 fully saturated rings. The average Bonchev–Trinajstić information content (AvgIpc) is 3.18. The highest BCUT2D eigenvalue weighted by molar-refractivity contribution is 7.82. The van der Waals surface area contributed by atoms with Crippen LogP contribution in [0.4, 0.5) is 0 Å². The van der Waals surface area contributed by atoms with E-state index < -0.39 is 11.8 Å². The number of hydrazine groups is 2. The van der Waals surface area contributed by atoms with Crippen molar-refractivity contribution in [2.45, 2.75) is 0 Å². The van der Waals surface area contributed by atoms with E-state index in [-0.39, 0.29) is 11.1 Å². The van der Waals surface area contributed by atoms with Gasteiger partial charge in [0.15, 0.2) is 0 Å². The minimum atomic E-state index is -0.657. The Labute approximate surface area is 181 Å². The number of amides is 2. The van der Waals surface area contributed by atoms with Gasteiger partial charge in [0.25, 0.3) is 11.8 Å². The molecule has 0 bridgehead atoms. The van der Waals surface area contributed by atoms with Crippen molar-refractivity contribution >= 4 is 57.3 Å². The number of hydrogen-bond donors (Lipinski definition) is 4. The first kappa shape index (κ1) is 20.9. The van der Waals surface area contributed by atoms with Crippen LogP contribution in [-0.2, 0) is 0 Å².